The Morgan fingerprint density at radius 3 is 2.67 bits per heavy atom. The molecule has 1 aromatic carbocycles. The first kappa shape index (κ1) is 12.4. The predicted octanol–water partition coefficient (Wildman–Crippen LogP) is 2.55. The molecule has 0 radical (unpaired) electrons. The standard InChI is InChI=1S/C13H11NO3S/c1-2-17-13(16)10-8-11(18-14-10)12(15)9-6-4-3-5-7-9/h3-8H,2H2,1H3. The summed E-state index contributed by atoms with van der Waals surface area (Å²) in [5.41, 5.74) is 0.762. The number of rotatable bonds is 4. The van der Waals surface area contributed by atoms with Gasteiger partial charge in [0.25, 0.3) is 0 Å². The van der Waals surface area contributed by atoms with Crippen LogP contribution in [0.3, 0.4) is 0 Å². The highest BCUT2D eigenvalue weighted by Crippen LogP contribution is 2.16. The number of carbonyl (C=O) groups is 2. The van der Waals surface area contributed by atoms with Gasteiger partial charge < -0.3 is 4.74 Å². The summed E-state index contributed by atoms with van der Waals surface area (Å²) in [6, 6.07) is 10.4. The lowest BCUT2D eigenvalue weighted by atomic mass is 10.1. The van der Waals surface area contributed by atoms with Crippen molar-refractivity contribution in [3.8, 4) is 0 Å². The molecule has 92 valence electrons. The van der Waals surface area contributed by atoms with E-state index >= 15 is 0 Å². The van der Waals surface area contributed by atoms with Crippen LogP contribution in [0, 0.1) is 0 Å². The van der Waals surface area contributed by atoms with Gasteiger partial charge in [-0.05, 0) is 24.5 Å². The maximum atomic E-state index is 12.1. The predicted molar refractivity (Wildman–Crippen MR) is 67.9 cm³/mol. The van der Waals surface area contributed by atoms with Crippen LogP contribution in [0.15, 0.2) is 36.4 Å². The molecule has 0 unspecified atom stereocenters. The second-order valence-corrected chi connectivity index (χ2v) is 4.30. The molecule has 0 saturated carbocycles. The van der Waals surface area contributed by atoms with Crippen molar-refractivity contribution in [1.29, 1.82) is 0 Å². The molecule has 0 fully saturated rings. The van der Waals surface area contributed by atoms with Crippen LogP contribution in [0.5, 0.6) is 0 Å². The highest BCUT2D eigenvalue weighted by Gasteiger charge is 2.16. The van der Waals surface area contributed by atoms with E-state index in [0.29, 0.717) is 17.0 Å². The molecule has 0 aliphatic carbocycles. The van der Waals surface area contributed by atoms with Gasteiger partial charge in [0.05, 0.1) is 11.5 Å². The van der Waals surface area contributed by atoms with Gasteiger partial charge in [-0.15, -0.1) is 0 Å². The maximum absolute atomic E-state index is 12.1. The van der Waals surface area contributed by atoms with Crippen LogP contribution in [-0.2, 0) is 4.74 Å². The minimum Gasteiger partial charge on any atom is -0.461 e. The van der Waals surface area contributed by atoms with Crippen molar-refractivity contribution in [3.63, 3.8) is 0 Å². The monoisotopic (exact) mass is 261 g/mol. The Kier molecular flexibility index (Phi) is 3.84. The van der Waals surface area contributed by atoms with Gasteiger partial charge in [0, 0.05) is 5.56 Å². The Morgan fingerprint density at radius 2 is 2.00 bits per heavy atom. The van der Waals surface area contributed by atoms with Gasteiger partial charge in [0.15, 0.2) is 5.69 Å². The Morgan fingerprint density at radius 1 is 1.28 bits per heavy atom. The van der Waals surface area contributed by atoms with E-state index in [0.717, 1.165) is 11.5 Å². The molecule has 2 rings (SSSR count). The first-order valence-electron chi connectivity index (χ1n) is 5.46. The molecule has 0 saturated heterocycles. The normalized spacial score (nSPS) is 10.1. The van der Waals surface area contributed by atoms with Crippen LogP contribution in [0.1, 0.15) is 32.6 Å². The van der Waals surface area contributed by atoms with Gasteiger partial charge >= 0.3 is 5.97 Å². The van der Waals surface area contributed by atoms with E-state index in [2.05, 4.69) is 4.37 Å². The molecule has 0 bridgehead atoms. The quantitative estimate of drug-likeness (QED) is 0.627. The first-order chi connectivity index (χ1) is 8.72. The minimum absolute atomic E-state index is 0.136. The van der Waals surface area contributed by atoms with Gasteiger partial charge in [-0.1, -0.05) is 30.3 Å². The largest absolute Gasteiger partial charge is 0.461 e. The molecule has 0 aliphatic rings. The Bertz CT molecular complexity index is 563. The Hall–Kier alpha value is -2.01. The maximum Gasteiger partial charge on any atom is 0.358 e. The smallest absolute Gasteiger partial charge is 0.358 e. The van der Waals surface area contributed by atoms with E-state index < -0.39 is 5.97 Å². The summed E-state index contributed by atoms with van der Waals surface area (Å²) in [6.45, 7) is 2.01. The topological polar surface area (TPSA) is 56.3 Å². The Labute approximate surface area is 108 Å². The molecule has 1 aromatic heterocycles. The zero-order valence-electron chi connectivity index (χ0n) is 9.75. The van der Waals surface area contributed by atoms with Crippen LogP contribution < -0.4 is 0 Å². The number of ether oxygens (including phenoxy) is 1. The molecule has 0 spiro atoms. The lowest BCUT2D eigenvalue weighted by molar-refractivity contribution is 0.0521. The van der Waals surface area contributed by atoms with Crippen molar-refractivity contribution in [2.75, 3.05) is 6.61 Å². The number of hydrogen-bond donors (Lipinski definition) is 0. The molecular formula is C13H11NO3S. The van der Waals surface area contributed by atoms with Crippen molar-refractivity contribution in [2.24, 2.45) is 0 Å². The van der Waals surface area contributed by atoms with Crippen LogP contribution in [-0.4, -0.2) is 22.7 Å². The number of carbonyl (C=O) groups excluding carboxylic acids is 2. The van der Waals surface area contributed by atoms with Crippen LogP contribution >= 0.6 is 11.5 Å². The van der Waals surface area contributed by atoms with Crippen molar-refractivity contribution in [1.82, 2.24) is 4.37 Å². The number of nitrogens with zero attached hydrogens (tertiary/aromatic N) is 1. The molecule has 0 amide bonds. The van der Waals surface area contributed by atoms with Crippen LogP contribution in [0.2, 0.25) is 0 Å². The van der Waals surface area contributed by atoms with E-state index in [-0.39, 0.29) is 11.5 Å². The van der Waals surface area contributed by atoms with Crippen LogP contribution in [0.4, 0.5) is 0 Å². The second kappa shape index (κ2) is 5.55. The van der Waals surface area contributed by atoms with Crippen molar-refractivity contribution in [2.45, 2.75) is 6.92 Å². The lowest BCUT2D eigenvalue weighted by Gasteiger charge is -1.96. The minimum atomic E-state index is -0.499. The van der Waals surface area contributed by atoms with Crippen molar-refractivity contribution in [3.05, 3.63) is 52.5 Å². The molecule has 0 atom stereocenters. The third kappa shape index (κ3) is 2.62. The average molecular weight is 261 g/mol. The summed E-state index contributed by atoms with van der Waals surface area (Å²) < 4.78 is 8.75. The number of aromatic nitrogens is 1. The lowest BCUT2D eigenvalue weighted by Crippen LogP contribution is -2.04. The van der Waals surface area contributed by atoms with Crippen molar-refractivity contribution >= 4 is 23.3 Å². The average Bonchev–Trinajstić information content (AvgIpc) is 2.89. The number of benzene rings is 1. The van der Waals surface area contributed by atoms with Crippen molar-refractivity contribution < 1.29 is 14.3 Å². The van der Waals surface area contributed by atoms with E-state index in [1.807, 2.05) is 6.07 Å². The van der Waals surface area contributed by atoms with Gasteiger partial charge in [0.1, 0.15) is 0 Å². The first-order valence-corrected chi connectivity index (χ1v) is 6.23. The van der Waals surface area contributed by atoms with E-state index in [1.165, 1.54) is 6.07 Å². The SMILES string of the molecule is CCOC(=O)c1cc(C(=O)c2ccccc2)sn1. The molecule has 5 heteroatoms. The number of hydrogen-bond acceptors (Lipinski definition) is 5. The third-order valence-corrected chi connectivity index (χ3v) is 3.04. The van der Waals surface area contributed by atoms with E-state index in [9.17, 15) is 9.59 Å². The van der Waals surface area contributed by atoms with E-state index in [4.69, 9.17) is 4.74 Å². The summed E-state index contributed by atoms with van der Waals surface area (Å²) in [4.78, 5) is 23.9. The molecule has 18 heavy (non-hydrogen) atoms. The fourth-order valence-electron chi connectivity index (χ4n) is 1.42. The molecule has 2 aromatic rings. The highest BCUT2D eigenvalue weighted by atomic mass is 32.1. The molecule has 0 aliphatic heterocycles. The molecule has 1 heterocycles. The summed E-state index contributed by atoms with van der Waals surface area (Å²) in [6.07, 6.45) is 0. The van der Waals surface area contributed by atoms with Crippen LogP contribution in [0.25, 0.3) is 0 Å². The summed E-state index contributed by atoms with van der Waals surface area (Å²) in [5, 5.41) is 0. The second-order valence-electron chi connectivity index (χ2n) is 3.49. The number of ketones is 1. The van der Waals surface area contributed by atoms with Gasteiger partial charge in [0.2, 0.25) is 5.78 Å². The summed E-state index contributed by atoms with van der Waals surface area (Å²) in [7, 11) is 0. The van der Waals surface area contributed by atoms with E-state index in [1.54, 1.807) is 31.2 Å². The Balaban J connectivity index is 2.20. The van der Waals surface area contributed by atoms with Gasteiger partial charge in [-0.3, -0.25) is 4.79 Å². The zero-order valence-corrected chi connectivity index (χ0v) is 10.6. The number of esters is 1. The summed E-state index contributed by atoms with van der Waals surface area (Å²) in [5.74, 6) is -0.635. The summed E-state index contributed by atoms with van der Waals surface area (Å²) >= 11 is 1.01. The van der Waals surface area contributed by atoms with Gasteiger partial charge in [-0.25, -0.2) is 4.79 Å². The zero-order chi connectivity index (χ0) is 13.0. The fraction of sp³-hybridized carbons (Fsp3) is 0.154. The molecule has 4 nitrogen and oxygen atoms in total. The molecule has 0 N–H and O–H groups in total. The molecular weight excluding hydrogens is 250 g/mol. The fourth-order valence-corrected chi connectivity index (χ4v) is 2.10. The highest BCUT2D eigenvalue weighted by molar-refractivity contribution is 7.08. The third-order valence-electron chi connectivity index (χ3n) is 2.25. The van der Waals surface area contributed by atoms with Gasteiger partial charge in [-0.2, -0.15) is 4.37 Å².